The van der Waals surface area contributed by atoms with Crippen LogP contribution < -0.4 is 9.64 Å². The van der Waals surface area contributed by atoms with E-state index in [0.29, 0.717) is 22.6 Å². The van der Waals surface area contributed by atoms with E-state index in [1.165, 1.54) is 43.4 Å². The van der Waals surface area contributed by atoms with Gasteiger partial charge in [0.05, 0.1) is 31.9 Å². The minimum Gasteiger partial charge on any atom is -0.497 e. The summed E-state index contributed by atoms with van der Waals surface area (Å²) < 4.78 is 9.85. The Morgan fingerprint density at radius 1 is 1.00 bits per heavy atom. The number of esters is 1. The molecule has 3 aromatic rings. The summed E-state index contributed by atoms with van der Waals surface area (Å²) in [6.07, 6.45) is 3.06. The van der Waals surface area contributed by atoms with Gasteiger partial charge in [-0.3, -0.25) is 19.4 Å². The van der Waals surface area contributed by atoms with Crippen molar-refractivity contribution in [3.8, 4) is 5.75 Å². The Kier molecular flexibility index (Phi) is 6.86. The van der Waals surface area contributed by atoms with Crippen molar-refractivity contribution < 1.29 is 28.7 Å². The molecule has 0 saturated carbocycles. The van der Waals surface area contributed by atoms with Crippen molar-refractivity contribution in [2.75, 3.05) is 19.1 Å². The molecule has 9 heteroatoms. The lowest BCUT2D eigenvalue weighted by Crippen LogP contribution is -2.45. The summed E-state index contributed by atoms with van der Waals surface area (Å²) in [5.41, 5.74) is 1.68. The molecular formula is C26H23N3O6. The first-order valence-corrected chi connectivity index (χ1v) is 10.8. The molecule has 4 rings (SSSR count). The van der Waals surface area contributed by atoms with Crippen molar-refractivity contribution in [1.82, 2.24) is 9.88 Å². The number of anilines is 1. The molecule has 0 spiro atoms. The maximum absolute atomic E-state index is 13.5. The Morgan fingerprint density at radius 2 is 1.69 bits per heavy atom. The molecule has 9 nitrogen and oxygen atoms in total. The molecule has 178 valence electrons. The molecule has 2 heterocycles. The maximum Gasteiger partial charge on any atom is 0.337 e. The third-order valence-corrected chi connectivity index (χ3v) is 5.72. The van der Waals surface area contributed by atoms with Gasteiger partial charge in [0.15, 0.2) is 0 Å². The minimum atomic E-state index is -1.00. The summed E-state index contributed by atoms with van der Waals surface area (Å²) in [4.78, 5) is 58.1. The number of pyridine rings is 1. The monoisotopic (exact) mass is 473 g/mol. The normalized spacial score (nSPS) is 15.1. The lowest BCUT2D eigenvalue weighted by Gasteiger charge is -2.28. The van der Waals surface area contributed by atoms with Crippen LogP contribution in [0, 0.1) is 0 Å². The highest BCUT2D eigenvalue weighted by atomic mass is 16.5. The lowest BCUT2D eigenvalue weighted by molar-refractivity contribution is -0.122. The number of aromatic nitrogens is 1. The molecule has 0 radical (unpaired) electrons. The standard InChI is InChI=1S/C26H23N3O6/c1-34-21-11-7-18(8-12-21)24(31)28(16-17-4-3-13-27-15-17)22-14-23(30)29(25(22)32)20-9-5-19(6-10-20)26(33)35-2/h3-13,15,22H,14,16H2,1-2H3. The second-order valence-electron chi connectivity index (χ2n) is 7.85. The van der Waals surface area contributed by atoms with Gasteiger partial charge in [-0.15, -0.1) is 0 Å². The summed E-state index contributed by atoms with van der Waals surface area (Å²) in [6, 6.07) is 15.0. The molecule has 1 unspecified atom stereocenters. The topological polar surface area (TPSA) is 106 Å². The van der Waals surface area contributed by atoms with E-state index in [2.05, 4.69) is 9.72 Å². The SMILES string of the molecule is COC(=O)c1ccc(N2C(=O)CC(N(Cc3cccnc3)C(=O)c3ccc(OC)cc3)C2=O)cc1. The molecule has 0 aliphatic carbocycles. The van der Waals surface area contributed by atoms with E-state index < -0.39 is 29.7 Å². The molecule has 0 N–H and O–H groups in total. The van der Waals surface area contributed by atoms with E-state index in [1.54, 1.807) is 48.8 Å². The van der Waals surface area contributed by atoms with Crippen molar-refractivity contribution in [3.05, 3.63) is 89.7 Å². The molecule has 1 aliphatic rings. The summed E-state index contributed by atoms with van der Waals surface area (Å²) in [6.45, 7) is 0.0947. The van der Waals surface area contributed by atoms with Crippen LogP contribution in [0.15, 0.2) is 73.1 Å². The maximum atomic E-state index is 13.5. The van der Waals surface area contributed by atoms with E-state index >= 15 is 0 Å². The molecule has 1 atom stereocenters. The number of imide groups is 1. The average Bonchev–Trinajstić information content (AvgIpc) is 3.20. The van der Waals surface area contributed by atoms with E-state index in [0.717, 1.165) is 10.5 Å². The first kappa shape index (κ1) is 23.6. The highest BCUT2D eigenvalue weighted by Gasteiger charge is 2.44. The van der Waals surface area contributed by atoms with E-state index in [-0.39, 0.29) is 13.0 Å². The number of nitrogens with zero attached hydrogens (tertiary/aromatic N) is 3. The van der Waals surface area contributed by atoms with Gasteiger partial charge in [0.2, 0.25) is 5.91 Å². The Bertz CT molecular complexity index is 1240. The number of hydrogen-bond acceptors (Lipinski definition) is 7. The second-order valence-corrected chi connectivity index (χ2v) is 7.85. The number of benzene rings is 2. The van der Waals surface area contributed by atoms with Crippen LogP contribution in [-0.2, 0) is 20.9 Å². The predicted molar refractivity (Wildman–Crippen MR) is 126 cm³/mol. The lowest BCUT2D eigenvalue weighted by atomic mass is 10.1. The Morgan fingerprint density at radius 3 is 2.29 bits per heavy atom. The van der Waals surface area contributed by atoms with Gasteiger partial charge in [0.1, 0.15) is 11.8 Å². The zero-order chi connectivity index (χ0) is 24.9. The number of ether oxygens (including phenoxy) is 2. The fraction of sp³-hybridized carbons (Fsp3) is 0.192. The minimum absolute atomic E-state index is 0.0947. The molecule has 1 aromatic heterocycles. The molecule has 1 saturated heterocycles. The highest BCUT2D eigenvalue weighted by Crippen LogP contribution is 2.28. The molecule has 1 fully saturated rings. The fourth-order valence-corrected chi connectivity index (χ4v) is 3.91. The summed E-state index contributed by atoms with van der Waals surface area (Å²) in [5.74, 6) is -1.29. The largest absolute Gasteiger partial charge is 0.497 e. The van der Waals surface area contributed by atoms with Gasteiger partial charge in [0, 0.05) is 24.5 Å². The van der Waals surface area contributed by atoms with Crippen molar-refractivity contribution in [2.24, 2.45) is 0 Å². The van der Waals surface area contributed by atoms with E-state index in [9.17, 15) is 19.2 Å². The average molecular weight is 473 g/mol. The van der Waals surface area contributed by atoms with Gasteiger partial charge in [-0.1, -0.05) is 6.07 Å². The molecule has 2 aromatic carbocycles. The zero-order valence-corrected chi connectivity index (χ0v) is 19.2. The molecule has 0 bridgehead atoms. The van der Waals surface area contributed by atoms with Crippen LogP contribution in [-0.4, -0.2) is 53.8 Å². The van der Waals surface area contributed by atoms with Crippen LogP contribution in [0.25, 0.3) is 0 Å². The van der Waals surface area contributed by atoms with Gasteiger partial charge < -0.3 is 14.4 Å². The number of carbonyl (C=O) groups is 4. The highest BCUT2D eigenvalue weighted by molar-refractivity contribution is 6.23. The smallest absolute Gasteiger partial charge is 0.337 e. The van der Waals surface area contributed by atoms with Crippen molar-refractivity contribution in [3.63, 3.8) is 0 Å². The van der Waals surface area contributed by atoms with Crippen LogP contribution >= 0.6 is 0 Å². The van der Waals surface area contributed by atoms with Crippen LogP contribution in [0.2, 0.25) is 0 Å². The summed E-state index contributed by atoms with van der Waals surface area (Å²) in [5, 5.41) is 0. The van der Waals surface area contributed by atoms with Gasteiger partial charge in [-0.2, -0.15) is 0 Å². The first-order chi connectivity index (χ1) is 16.9. The number of rotatable bonds is 7. The zero-order valence-electron chi connectivity index (χ0n) is 19.2. The summed E-state index contributed by atoms with van der Waals surface area (Å²) in [7, 11) is 2.80. The number of methoxy groups -OCH3 is 2. The number of carbonyl (C=O) groups excluding carboxylic acids is 4. The van der Waals surface area contributed by atoms with Gasteiger partial charge >= 0.3 is 5.97 Å². The van der Waals surface area contributed by atoms with E-state index in [1.807, 2.05) is 0 Å². The molecule has 3 amide bonds. The molecule has 35 heavy (non-hydrogen) atoms. The fourth-order valence-electron chi connectivity index (χ4n) is 3.91. The van der Waals surface area contributed by atoms with Gasteiger partial charge in [-0.05, 0) is 60.2 Å². The Labute approximate surface area is 201 Å². The first-order valence-electron chi connectivity index (χ1n) is 10.8. The van der Waals surface area contributed by atoms with Crippen molar-refractivity contribution in [1.29, 1.82) is 0 Å². The third-order valence-electron chi connectivity index (χ3n) is 5.72. The third kappa shape index (κ3) is 4.89. The number of amides is 3. The Balaban J connectivity index is 1.64. The van der Waals surface area contributed by atoms with Gasteiger partial charge in [-0.25, -0.2) is 9.69 Å². The Hall–Kier alpha value is -4.53. The molecule has 1 aliphatic heterocycles. The second kappa shape index (κ2) is 10.2. The van der Waals surface area contributed by atoms with Crippen molar-refractivity contribution >= 4 is 29.4 Å². The van der Waals surface area contributed by atoms with Crippen LogP contribution in [0.1, 0.15) is 32.7 Å². The summed E-state index contributed by atoms with van der Waals surface area (Å²) >= 11 is 0. The number of hydrogen-bond donors (Lipinski definition) is 0. The van der Waals surface area contributed by atoms with Crippen molar-refractivity contribution in [2.45, 2.75) is 19.0 Å². The predicted octanol–water partition coefficient (Wildman–Crippen LogP) is 2.85. The van der Waals surface area contributed by atoms with E-state index in [4.69, 9.17) is 4.74 Å². The molecular weight excluding hydrogens is 450 g/mol. The van der Waals surface area contributed by atoms with Crippen LogP contribution in [0.3, 0.4) is 0 Å². The van der Waals surface area contributed by atoms with Crippen LogP contribution in [0.5, 0.6) is 5.75 Å². The van der Waals surface area contributed by atoms with Gasteiger partial charge in [0.25, 0.3) is 11.8 Å². The quantitative estimate of drug-likeness (QED) is 0.384. The van der Waals surface area contributed by atoms with Crippen LogP contribution in [0.4, 0.5) is 5.69 Å².